The maximum absolute atomic E-state index is 5.92. The summed E-state index contributed by atoms with van der Waals surface area (Å²) >= 11 is 1.86. The zero-order valence-corrected chi connectivity index (χ0v) is 10.4. The summed E-state index contributed by atoms with van der Waals surface area (Å²) in [6.07, 6.45) is 1.15. The highest BCUT2D eigenvalue weighted by atomic mass is 32.1. The molecule has 1 saturated heterocycles. The van der Waals surface area contributed by atoms with E-state index in [4.69, 9.17) is 5.73 Å². The summed E-state index contributed by atoms with van der Waals surface area (Å²) in [6.45, 7) is 8.00. The van der Waals surface area contributed by atoms with Crippen LogP contribution in [-0.4, -0.2) is 30.6 Å². The lowest BCUT2D eigenvalue weighted by atomic mass is 9.91. The van der Waals surface area contributed by atoms with Gasteiger partial charge in [0.1, 0.15) is 0 Å². The molecule has 0 spiro atoms. The Morgan fingerprint density at radius 2 is 2.40 bits per heavy atom. The molecule has 2 nitrogen and oxygen atoms in total. The highest BCUT2D eigenvalue weighted by Crippen LogP contribution is 2.29. The maximum Gasteiger partial charge on any atom is 0.0180 e. The monoisotopic (exact) mass is 224 g/mol. The van der Waals surface area contributed by atoms with Crippen molar-refractivity contribution in [2.24, 2.45) is 5.73 Å². The number of nitrogens with zero attached hydrogens (tertiary/aromatic N) is 1. The van der Waals surface area contributed by atoms with Crippen LogP contribution in [0.15, 0.2) is 17.5 Å². The quantitative estimate of drug-likeness (QED) is 0.851. The van der Waals surface area contributed by atoms with E-state index in [0.29, 0.717) is 6.04 Å². The summed E-state index contributed by atoms with van der Waals surface area (Å²) in [5, 5.41) is 2.16. The van der Waals surface area contributed by atoms with Gasteiger partial charge in [0, 0.05) is 29.4 Å². The Morgan fingerprint density at radius 3 is 2.93 bits per heavy atom. The van der Waals surface area contributed by atoms with Gasteiger partial charge in [-0.3, -0.25) is 0 Å². The van der Waals surface area contributed by atoms with E-state index >= 15 is 0 Å². The molecule has 0 amide bonds. The number of nitrogens with two attached hydrogens (primary N) is 1. The van der Waals surface area contributed by atoms with Gasteiger partial charge >= 0.3 is 0 Å². The number of likely N-dealkylation sites (tertiary alicyclic amines) is 1. The second kappa shape index (κ2) is 4.24. The van der Waals surface area contributed by atoms with Gasteiger partial charge < -0.3 is 10.6 Å². The molecular weight excluding hydrogens is 204 g/mol. The first kappa shape index (κ1) is 11.1. The minimum absolute atomic E-state index is 0.262. The summed E-state index contributed by atoms with van der Waals surface area (Å²) < 4.78 is 0. The summed E-state index contributed by atoms with van der Waals surface area (Å²) in [5.74, 6) is 0. The van der Waals surface area contributed by atoms with Crippen LogP contribution in [0.4, 0.5) is 0 Å². The van der Waals surface area contributed by atoms with Crippen molar-refractivity contribution < 1.29 is 0 Å². The van der Waals surface area contributed by atoms with Gasteiger partial charge in [-0.25, -0.2) is 0 Å². The number of thiophene rings is 1. The molecule has 1 atom stereocenters. The maximum atomic E-state index is 5.92. The Hall–Kier alpha value is -0.380. The van der Waals surface area contributed by atoms with Crippen LogP contribution in [0.3, 0.4) is 0 Å². The van der Waals surface area contributed by atoms with Gasteiger partial charge in [0.05, 0.1) is 0 Å². The molecule has 2 rings (SSSR count). The van der Waals surface area contributed by atoms with Crippen molar-refractivity contribution in [1.29, 1.82) is 0 Å². The zero-order chi connectivity index (χ0) is 10.9. The largest absolute Gasteiger partial charge is 0.326 e. The third kappa shape index (κ3) is 2.60. The first-order valence-corrected chi connectivity index (χ1v) is 6.48. The van der Waals surface area contributed by atoms with Crippen molar-refractivity contribution in [3.63, 3.8) is 0 Å². The summed E-state index contributed by atoms with van der Waals surface area (Å²) in [5.41, 5.74) is 6.19. The topological polar surface area (TPSA) is 29.3 Å². The predicted molar refractivity (Wildman–Crippen MR) is 66.4 cm³/mol. The first-order chi connectivity index (χ1) is 7.08. The molecule has 84 valence electrons. The van der Waals surface area contributed by atoms with E-state index in [-0.39, 0.29) is 5.41 Å². The van der Waals surface area contributed by atoms with Gasteiger partial charge in [-0.15, -0.1) is 11.3 Å². The smallest absolute Gasteiger partial charge is 0.0180 e. The van der Waals surface area contributed by atoms with Crippen LogP contribution in [0.1, 0.15) is 25.1 Å². The van der Waals surface area contributed by atoms with Crippen LogP contribution < -0.4 is 5.73 Å². The van der Waals surface area contributed by atoms with Crippen molar-refractivity contribution in [3.8, 4) is 0 Å². The second-order valence-corrected chi connectivity index (χ2v) is 6.09. The summed E-state index contributed by atoms with van der Waals surface area (Å²) in [4.78, 5) is 3.97. The van der Waals surface area contributed by atoms with Crippen molar-refractivity contribution >= 4 is 11.3 Å². The average molecular weight is 224 g/mol. The molecule has 15 heavy (non-hydrogen) atoms. The van der Waals surface area contributed by atoms with Gasteiger partial charge in [-0.1, -0.05) is 19.9 Å². The van der Waals surface area contributed by atoms with Crippen LogP contribution >= 0.6 is 11.3 Å². The van der Waals surface area contributed by atoms with E-state index in [1.54, 1.807) is 0 Å². The van der Waals surface area contributed by atoms with E-state index in [0.717, 1.165) is 26.1 Å². The minimum Gasteiger partial charge on any atom is -0.326 e. The molecule has 1 aromatic heterocycles. The molecule has 1 fully saturated rings. The Bertz CT molecular complexity index is 305. The molecule has 1 aromatic rings. The fraction of sp³-hybridized carbons (Fsp3) is 0.667. The predicted octanol–water partition coefficient (Wildman–Crippen LogP) is 2.06. The molecule has 3 heteroatoms. The number of hydrogen-bond acceptors (Lipinski definition) is 3. The zero-order valence-electron chi connectivity index (χ0n) is 9.57. The van der Waals surface area contributed by atoms with Crippen LogP contribution in [0.2, 0.25) is 0 Å². The van der Waals surface area contributed by atoms with Crippen molar-refractivity contribution in [1.82, 2.24) is 4.90 Å². The highest BCUT2D eigenvalue weighted by Gasteiger charge is 2.28. The Morgan fingerprint density at radius 1 is 1.60 bits per heavy atom. The molecule has 2 N–H and O–H groups in total. The SMILES string of the molecule is CC(C)(CN1CCC(N)C1)c1cccs1. The minimum atomic E-state index is 0.262. The molecule has 0 saturated carbocycles. The molecule has 1 aliphatic rings. The lowest BCUT2D eigenvalue weighted by Gasteiger charge is -2.29. The molecule has 1 aliphatic heterocycles. The summed E-state index contributed by atoms with van der Waals surface area (Å²) in [7, 11) is 0. The lowest BCUT2D eigenvalue weighted by Crippen LogP contribution is -2.36. The lowest BCUT2D eigenvalue weighted by molar-refractivity contribution is 0.269. The van der Waals surface area contributed by atoms with Gasteiger partial charge in [-0.05, 0) is 24.4 Å². The van der Waals surface area contributed by atoms with E-state index in [1.807, 2.05) is 11.3 Å². The molecule has 0 radical (unpaired) electrons. The van der Waals surface area contributed by atoms with E-state index in [2.05, 4.69) is 36.3 Å². The Balaban J connectivity index is 1.99. The van der Waals surface area contributed by atoms with E-state index in [9.17, 15) is 0 Å². The molecule has 2 heterocycles. The van der Waals surface area contributed by atoms with Crippen LogP contribution in [0, 0.1) is 0 Å². The molecule has 0 aliphatic carbocycles. The van der Waals surface area contributed by atoms with Crippen molar-refractivity contribution in [3.05, 3.63) is 22.4 Å². The number of rotatable bonds is 3. The van der Waals surface area contributed by atoms with Gasteiger partial charge in [0.15, 0.2) is 0 Å². The third-order valence-corrected chi connectivity index (χ3v) is 4.35. The fourth-order valence-electron chi connectivity index (χ4n) is 2.31. The van der Waals surface area contributed by atoms with E-state index in [1.165, 1.54) is 4.88 Å². The molecular formula is C12H20N2S. The van der Waals surface area contributed by atoms with Crippen LogP contribution in [-0.2, 0) is 5.41 Å². The first-order valence-electron chi connectivity index (χ1n) is 5.60. The number of hydrogen-bond donors (Lipinski definition) is 1. The highest BCUT2D eigenvalue weighted by molar-refractivity contribution is 7.10. The summed E-state index contributed by atoms with van der Waals surface area (Å²) in [6, 6.07) is 4.77. The van der Waals surface area contributed by atoms with Crippen LogP contribution in [0.5, 0.6) is 0 Å². The average Bonchev–Trinajstić information content (AvgIpc) is 2.75. The molecule has 0 aromatic carbocycles. The van der Waals surface area contributed by atoms with Crippen molar-refractivity contribution in [2.45, 2.75) is 31.7 Å². The second-order valence-electron chi connectivity index (χ2n) is 5.15. The Kier molecular flexibility index (Phi) is 3.14. The van der Waals surface area contributed by atoms with Gasteiger partial charge in [0.2, 0.25) is 0 Å². The van der Waals surface area contributed by atoms with E-state index < -0.39 is 0 Å². The van der Waals surface area contributed by atoms with Crippen LogP contribution in [0.25, 0.3) is 0 Å². The molecule has 0 bridgehead atoms. The standard InChI is InChI=1S/C12H20N2S/c1-12(2,11-4-3-7-15-11)9-14-6-5-10(13)8-14/h3-4,7,10H,5-6,8-9,13H2,1-2H3. The third-order valence-electron chi connectivity index (χ3n) is 3.12. The normalized spacial score (nSPS) is 23.5. The fourth-order valence-corrected chi connectivity index (χ4v) is 3.15. The molecule has 1 unspecified atom stereocenters. The van der Waals surface area contributed by atoms with Gasteiger partial charge in [-0.2, -0.15) is 0 Å². The van der Waals surface area contributed by atoms with Crippen molar-refractivity contribution in [2.75, 3.05) is 19.6 Å². The Labute approximate surface area is 96.1 Å². The van der Waals surface area contributed by atoms with Gasteiger partial charge in [0.25, 0.3) is 0 Å².